The SMILES string of the molecule is FC(F)Oc1ccccc1NCC1CCCNC1. The average molecular weight is 256 g/mol. The predicted molar refractivity (Wildman–Crippen MR) is 67.2 cm³/mol. The van der Waals surface area contributed by atoms with Crippen molar-refractivity contribution in [3.63, 3.8) is 0 Å². The van der Waals surface area contributed by atoms with Gasteiger partial charge in [-0.2, -0.15) is 8.78 Å². The third-order valence-corrected chi connectivity index (χ3v) is 3.08. The Hall–Kier alpha value is -1.36. The molecule has 1 aromatic carbocycles. The quantitative estimate of drug-likeness (QED) is 0.849. The van der Waals surface area contributed by atoms with Crippen molar-refractivity contribution in [3.8, 4) is 5.75 Å². The standard InChI is InChI=1S/C13H18F2N2O/c14-13(15)18-12-6-2-1-5-11(12)17-9-10-4-3-7-16-8-10/h1-2,5-6,10,13,16-17H,3-4,7-9H2. The number of nitrogens with one attached hydrogen (secondary N) is 2. The molecule has 5 heteroatoms. The van der Waals surface area contributed by atoms with Crippen LogP contribution in [0.15, 0.2) is 24.3 Å². The van der Waals surface area contributed by atoms with Gasteiger partial charge < -0.3 is 15.4 Å². The van der Waals surface area contributed by atoms with Gasteiger partial charge in [-0.1, -0.05) is 12.1 Å². The molecule has 0 aromatic heterocycles. The van der Waals surface area contributed by atoms with Crippen LogP contribution >= 0.6 is 0 Å². The zero-order valence-corrected chi connectivity index (χ0v) is 10.2. The number of para-hydroxylation sites is 2. The molecule has 2 rings (SSSR count). The second-order valence-electron chi connectivity index (χ2n) is 4.47. The van der Waals surface area contributed by atoms with Gasteiger partial charge in [-0.25, -0.2) is 0 Å². The fourth-order valence-corrected chi connectivity index (χ4v) is 2.16. The lowest BCUT2D eigenvalue weighted by molar-refractivity contribution is -0.0493. The van der Waals surface area contributed by atoms with Crippen molar-refractivity contribution in [1.82, 2.24) is 5.32 Å². The Balaban J connectivity index is 1.91. The summed E-state index contributed by atoms with van der Waals surface area (Å²) >= 11 is 0. The van der Waals surface area contributed by atoms with Crippen molar-refractivity contribution < 1.29 is 13.5 Å². The van der Waals surface area contributed by atoms with Crippen molar-refractivity contribution in [2.45, 2.75) is 19.5 Å². The van der Waals surface area contributed by atoms with Crippen LogP contribution < -0.4 is 15.4 Å². The van der Waals surface area contributed by atoms with E-state index in [2.05, 4.69) is 15.4 Å². The van der Waals surface area contributed by atoms with Gasteiger partial charge in [0, 0.05) is 6.54 Å². The Kier molecular flexibility index (Phi) is 4.75. The van der Waals surface area contributed by atoms with Crippen LogP contribution in [0.3, 0.4) is 0 Å². The van der Waals surface area contributed by atoms with Gasteiger partial charge in [0.05, 0.1) is 5.69 Å². The lowest BCUT2D eigenvalue weighted by Gasteiger charge is -2.23. The number of hydrogen-bond donors (Lipinski definition) is 2. The molecule has 1 saturated heterocycles. The topological polar surface area (TPSA) is 33.3 Å². The van der Waals surface area contributed by atoms with Crippen molar-refractivity contribution in [1.29, 1.82) is 0 Å². The first-order valence-electron chi connectivity index (χ1n) is 6.24. The molecule has 1 atom stereocenters. The second kappa shape index (κ2) is 6.54. The van der Waals surface area contributed by atoms with Crippen LogP contribution in [0.2, 0.25) is 0 Å². The third kappa shape index (κ3) is 3.84. The first-order valence-corrected chi connectivity index (χ1v) is 6.24. The van der Waals surface area contributed by atoms with Crippen LogP contribution in [0.1, 0.15) is 12.8 Å². The highest BCUT2D eigenvalue weighted by Gasteiger charge is 2.14. The molecule has 1 aliphatic rings. The van der Waals surface area contributed by atoms with Crippen molar-refractivity contribution in [2.75, 3.05) is 25.0 Å². The maximum absolute atomic E-state index is 12.2. The van der Waals surface area contributed by atoms with Gasteiger partial charge in [-0.05, 0) is 44.0 Å². The summed E-state index contributed by atoms with van der Waals surface area (Å²) in [7, 11) is 0. The fourth-order valence-electron chi connectivity index (χ4n) is 2.16. The highest BCUT2D eigenvalue weighted by atomic mass is 19.3. The lowest BCUT2D eigenvalue weighted by atomic mass is 10.00. The molecule has 0 radical (unpaired) electrons. The van der Waals surface area contributed by atoms with Crippen LogP contribution in [-0.4, -0.2) is 26.2 Å². The molecule has 100 valence electrons. The molecular formula is C13H18F2N2O. The molecule has 1 unspecified atom stereocenters. The van der Waals surface area contributed by atoms with E-state index in [1.54, 1.807) is 24.3 Å². The first-order chi connectivity index (χ1) is 8.75. The molecule has 0 saturated carbocycles. The maximum Gasteiger partial charge on any atom is 0.387 e. The van der Waals surface area contributed by atoms with Gasteiger partial charge in [0.1, 0.15) is 5.75 Å². The van der Waals surface area contributed by atoms with Crippen LogP contribution in [0.4, 0.5) is 14.5 Å². The van der Waals surface area contributed by atoms with Gasteiger partial charge in [-0.3, -0.25) is 0 Å². The van der Waals surface area contributed by atoms with Gasteiger partial charge in [0.2, 0.25) is 0 Å². The molecule has 1 aromatic rings. The summed E-state index contributed by atoms with van der Waals surface area (Å²) < 4.78 is 28.9. The van der Waals surface area contributed by atoms with Crippen molar-refractivity contribution in [3.05, 3.63) is 24.3 Å². The number of anilines is 1. The highest BCUT2D eigenvalue weighted by molar-refractivity contribution is 5.56. The van der Waals surface area contributed by atoms with E-state index in [1.165, 1.54) is 6.42 Å². The molecule has 18 heavy (non-hydrogen) atoms. The molecule has 0 amide bonds. The van der Waals surface area contributed by atoms with E-state index in [0.717, 1.165) is 26.1 Å². The number of rotatable bonds is 5. The Morgan fingerprint density at radius 1 is 1.39 bits per heavy atom. The summed E-state index contributed by atoms with van der Waals surface area (Å²) in [6.07, 6.45) is 2.33. The summed E-state index contributed by atoms with van der Waals surface area (Å²) in [6.45, 7) is 0.0348. The summed E-state index contributed by atoms with van der Waals surface area (Å²) in [6, 6.07) is 6.80. The number of piperidine rings is 1. The zero-order chi connectivity index (χ0) is 12.8. The summed E-state index contributed by atoms with van der Waals surface area (Å²) in [5, 5.41) is 6.52. The normalized spacial score (nSPS) is 19.8. The number of benzene rings is 1. The first kappa shape index (κ1) is 13.1. The molecule has 3 nitrogen and oxygen atoms in total. The van der Waals surface area contributed by atoms with E-state index < -0.39 is 6.61 Å². The number of hydrogen-bond acceptors (Lipinski definition) is 3. The number of ether oxygens (including phenoxy) is 1. The van der Waals surface area contributed by atoms with E-state index in [9.17, 15) is 8.78 Å². The van der Waals surface area contributed by atoms with Crippen LogP contribution in [0, 0.1) is 5.92 Å². The Morgan fingerprint density at radius 2 is 2.22 bits per heavy atom. The van der Waals surface area contributed by atoms with E-state index in [-0.39, 0.29) is 5.75 Å². The van der Waals surface area contributed by atoms with E-state index >= 15 is 0 Å². The van der Waals surface area contributed by atoms with Gasteiger partial charge in [-0.15, -0.1) is 0 Å². The Morgan fingerprint density at radius 3 is 2.94 bits per heavy atom. The van der Waals surface area contributed by atoms with Gasteiger partial charge in [0.15, 0.2) is 0 Å². The molecule has 1 aliphatic heterocycles. The van der Waals surface area contributed by atoms with Crippen molar-refractivity contribution in [2.24, 2.45) is 5.92 Å². The minimum atomic E-state index is -2.79. The monoisotopic (exact) mass is 256 g/mol. The van der Waals surface area contributed by atoms with Crippen molar-refractivity contribution >= 4 is 5.69 Å². The number of alkyl halides is 2. The molecule has 0 aliphatic carbocycles. The van der Waals surface area contributed by atoms with Gasteiger partial charge >= 0.3 is 6.61 Å². The molecule has 2 N–H and O–H groups in total. The molecule has 0 bridgehead atoms. The summed E-state index contributed by atoms with van der Waals surface area (Å²) in [5.41, 5.74) is 0.628. The van der Waals surface area contributed by atoms with Crippen LogP contribution in [0.5, 0.6) is 5.75 Å². The molecule has 0 spiro atoms. The minimum absolute atomic E-state index is 0.205. The maximum atomic E-state index is 12.2. The molecule has 1 heterocycles. The summed E-state index contributed by atoms with van der Waals surface area (Å²) in [4.78, 5) is 0. The average Bonchev–Trinajstić information content (AvgIpc) is 2.38. The fraction of sp³-hybridized carbons (Fsp3) is 0.538. The Labute approximate surface area is 106 Å². The number of halogens is 2. The minimum Gasteiger partial charge on any atom is -0.433 e. The van der Waals surface area contributed by atoms with Crippen LogP contribution in [-0.2, 0) is 0 Å². The highest BCUT2D eigenvalue weighted by Crippen LogP contribution is 2.26. The molecular weight excluding hydrogens is 238 g/mol. The van der Waals surface area contributed by atoms with Gasteiger partial charge in [0.25, 0.3) is 0 Å². The lowest BCUT2D eigenvalue weighted by Crippen LogP contribution is -2.33. The van der Waals surface area contributed by atoms with E-state index in [1.807, 2.05) is 0 Å². The molecule has 1 fully saturated rings. The summed E-state index contributed by atoms with van der Waals surface area (Å²) in [5.74, 6) is 0.745. The van der Waals surface area contributed by atoms with Crippen LogP contribution in [0.25, 0.3) is 0 Å². The Bertz CT molecular complexity index is 368. The zero-order valence-electron chi connectivity index (χ0n) is 10.2. The predicted octanol–water partition coefficient (Wildman–Crippen LogP) is 2.70. The smallest absolute Gasteiger partial charge is 0.387 e. The third-order valence-electron chi connectivity index (χ3n) is 3.08. The van der Waals surface area contributed by atoms with E-state index in [4.69, 9.17) is 0 Å². The largest absolute Gasteiger partial charge is 0.433 e. The van der Waals surface area contributed by atoms with E-state index in [0.29, 0.717) is 11.6 Å². The second-order valence-corrected chi connectivity index (χ2v) is 4.47.